The van der Waals surface area contributed by atoms with Gasteiger partial charge < -0.3 is 15.2 Å². The third-order valence-corrected chi connectivity index (χ3v) is 3.28. The summed E-state index contributed by atoms with van der Waals surface area (Å²) in [6, 6.07) is 0. The second kappa shape index (κ2) is 6.08. The molecule has 1 rings (SSSR count). The zero-order valence-corrected chi connectivity index (χ0v) is 12.0. The fourth-order valence-electron chi connectivity index (χ4n) is 2.26. The van der Waals surface area contributed by atoms with Gasteiger partial charge in [-0.1, -0.05) is 0 Å². The number of rotatable bonds is 5. The van der Waals surface area contributed by atoms with E-state index in [2.05, 4.69) is 5.28 Å². The summed E-state index contributed by atoms with van der Waals surface area (Å²) in [6.07, 6.45) is 1.33. The molecule has 0 amide bonds. The summed E-state index contributed by atoms with van der Waals surface area (Å²) in [7, 11) is 0. The Labute approximate surface area is 113 Å². The van der Waals surface area contributed by atoms with E-state index in [0.717, 1.165) is 0 Å². The van der Waals surface area contributed by atoms with Crippen molar-refractivity contribution in [3.63, 3.8) is 0 Å². The molecule has 1 aliphatic carbocycles. The number of carboxylic acids is 1. The Kier molecular flexibility index (Phi) is 4.97. The van der Waals surface area contributed by atoms with Gasteiger partial charge in [-0.3, -0.25) is 4.79 Å². The standard InChI is InChI=1S/C12H23N3O4/c1-5-14(12(2,3)4)15(18)13-19-10-7-6-9(8-10)11(16)17/h9-10H,5-8H2,1-4H3,(H,16,17)/b15-13-/t9-,10-/m0/s1. The van der Waals surface area contributed by atoms with E-state index in [1.54, 1.807) is 0 Å². The molecule has 1 N–H and O–H groups in total. The first-order valence-corrected chi connectivity index (χ1v) is 6.60. The molecule has 0 saturated heterocycles. The van der Waals surface area contributed by atoms with Crippen LogP contribution in [0.4, 0.5) is 0 Å². The number of hydrazine groups is 1. The summed E-state index contributed by atoms with van der Waals surface area (Å²) >= 11 is 0. The maximum absolute atomic E-state index is 11.8. The van der Waals surface area contributed by atoms with Crippen LogP contribution in [0.1, 0.15) is 47.0 Å². The minimum atomic E-state index is -0.810. The molecule has 1 aliphatic rings. The van der Waals surface area contributed by atoms with E-state index in [1.165, 1.54) is 5.01 Å². The Morgan fingerprint density at radius 1 is 1.53 bits per heavy atom. The molecule has 0 radical (unpaired) electrons. The molecule has 0 unspecified atom stereocenters. The molecule has 0 bridgehead atoms. The van der Waals surface area contributed by atoms with Gasteiger partial charge in [0.2, 0.25) is 5.28 Å². The first-order chi connectivity index (χ1) is 8.75. The lowest BCUT2D eigenvalue weighted by Gasteiger charge is -2.29. The lowest BCUT2D eigenvalue weighted by atomic mass is 10.1. The topological polar surface area (TPSA) is 88.2 Å². The van der Waals surface area contributed by atoms with Crippen molar-refractivity contribution in [1.82, 2.24) is 5.01 Å². The first-order valence-electron chi connectivity index (χ1n) is 6.60. The number of hydrogen-bond acceptors (Lipinski definition) is 4. The second-order valence-corrected chi connectivity index (χ2v) is 5.80. The van der Waals surface area contributed by atoms with Crippen molar-refractivity contribution in [2.45, 2.75) is 58.6 Å². The zero-order chi connectivity index (χ0) is 14.6. The average Bonchev–Trinajstić information content (AvgIpc) is 2.74. The maximum atomic E-state index is 11.8. The van der Waals surface area contributed by atoms with Gasteiger partial charge in [-0.05, 0) is 40.5 Å². The first kappa shape index (κ1) is 15.5. The Balaban J connectivity index is 2.55. The van der Waals surface area contributed by atoms with Gasteiger partial charge in [0.15, 0.2) is 0 Å². The molecule has 7 nitrogen and oxygen atoms in total. The van der Waals surface area contributed by atoms with Gasteiger partial charge >= 0.3 is 5.97 Å². The molecule has 0 spiro atoms. The van der Waals surface area contributed by atoms with Crippen LogP contribution in [0.25, 0.3) is 0 Å². The minimum absolute atomic E-state index is 0.281. The molecule has 0 aromatic carbocycles. The lowest BCUT2D eigenvalue weighted by Crippen LogP contribution is -2.45. The Morgan fingerprint density at radius 3 is 2.58 bits per heavy atom. The van der Waals surface area contributed by atoms with E-state index in [1.807, 2.05) is 27.7 Å². The van der Waals surface area contributed by atoms with Crippen molar-refractivity contribution in [1.29, 1.82) is 0 Å². The molecule has 110 valence electrons. The summed E-state index contributed by atoms with van der Waals surface area (Å²) in [4.78, 5) is 16.4. The number of carboxylic acid groups (broad SMARTS) is 1. The molecule has 0 aromatic heterocycles. The van der Waals surface area contributed by atoms with Crippen molar-refractivity contribution in [3.8, 4) is 0 Å². The second-order valence-electron chi connectivity index (χ2n) is 5.80. The largest absolute Gasteiger partial charge is 0.569 e. The number of carbonyl (C=O) groups is 1. The van der Waals surface area contributed by atoms with Crippen LogP contribution >= 0.6 is 0 Å². The predicted molar refractivity (Wildman–Crippen MR) is 68.0 cm³/mol. The highest BCUT2D eigenvalue weighted by molar-refractivity contribution is 5.70. The van der Waals surface area contributed by atoms with Crippen LogP contribution in [0.2, 0.25) is 0 Å². The van der Waals surface area contributed by atoms with E-state index in [0.29, 0.717) is 30.8 Å². The van der Waals surface area contributed by atoms with E-state index < -0.39 is 5.97 Å². The van der Waals surface area contributed by atoms with Crippen LogP contribution in [-0.2, 0) is 9.63 Å². The summed E-state index contributed by atoms with van der Waals surface area (Å²) in [5, 5.41) is 25.8. The van der Waals surface area contributed by atoms with E-state index in [-0.39, 0.29) is 17.6 Å². The smallest absolute Gasteiger partial charge is 0.306 e. The van der Waals surface area contributed by atoms with E-state index in [4.69, 9.17) is 9.94 Å². The van der Waals surface area contributed by atoms with Gasteiger partial charge in [0.05, 0.1) is 23.0 Å². The van der Waals surface area contributed by atoms with Crippen molar-refractivity contribution in [2.24, 2.45) is 11.2 Å². The fraction of sp³-hybridized carbons (Fsp3) is 0.917. The van der Waals surface area contributed by atoms with Gasteiger partial charge in [0, 0.05) is 6.42 Å². The van der Waals surface area contributed by atoms with Crippen LogP contribution in [0.15, 0.2) is 5.28 Å². The predicted octanol–water partition coefficient (Wildman–Crippen LogP) is 2.17. The van der Waals surface area contributed by atoms with Crippen LogP contribution in [0.3, 0.4) is 0 Å². The normalized spacial score (nSPS) is 24.3. The summed E-state index contributed by atoms with van der Waals surface area (Å²) in [5.74, 6) is -1.19. The van der Waals surface area contributed by atoms with Crippen LogP contribution in [0, 0.1) is 11.1 Å². The van der Waals surface area contributed by atoms with Gasteiger partial charge in [-0.2, -0.15) is 0 Å². The molecule has 0 aliphatic heterocycles. The highest BCUT2D eigenvalue weighted by Gasteiger charge is 2.32. The fourth-order valence-corrected chi connectivity index (χ4v) is 2.26. The quantitative estimate of drug-likeness (QED) is 0.471. The lowest BCUT2D eigenvalue weighted by molar-refractivity contribution is -0.725. The highest BCUT2D eigenvalue weighted by Crippen LogP contribution is 2.28. The SMILES string of the molecule is CCN(/[N+]([O-])=N/O[C@H]1CC[C@H](C(=O)O)C1)C(C)(C)C. The highest BCUT2D eigenvalue weighted by atomic mass is 16.7. The number of aliphatic carboxylic acids is 1. The van der Waals surface area contributed by atoms with Crippen molar-refractivity contribution >= 4 is 5.97 Å². The summed E-state index contributed by atoms with van der Waals surface area (Å²) in [6.45, 7) is 8.11. The monoisotopic (exact) mass is 273 g/mol. The summed E-state index contributed by atoms with van der Waals surface area (Å²) in [5.41, 5.74) is -0.345. The molecule has 2 atom stereocenters. The minimum Gasteiger partial charge on any atom is -0.569 e. The van der Waals surface area contributed by atoms with Crippen LogP contribution in [0.5, 0.6) is 0 Å². The maximum Gasteiger partial charge on any atom is 0.306 e. The average molecular weight is 273 g/mol. The van der Waals surface area contributed by atoms with Crippen LogP contribution in [-0.4, -0.2) is 39.2 Å². The molecule has 0 heterocycles. The van der Waals surface area contributed by atoms with Gasteiger partial charge in [-0.25, -0.2) is 0 Å². The van der Waals surface area contributed by atoms with Gasteiger partial charge in [-0.15, -0.1) is 5.01 Å². The Morgan fingerprint density at radius 2 is 2.16 bits per heavy atom. The van der Waals surface area contributed by atoms with Crippen LogP contribution < -0.4 is 0 Å². The summed E-state index contributed by atoms with van der Waals surface area (Å²) < 4.78 is 0. The molecule has 1 saturated carbocycles. The molecular weight excluding hydrogens is 250 g/mol. The van der Waals surface area contributed by atoms with Gasteiger partial charge in [0.25, 0.3) is 0 Å². The van der Waals surface area contributed by atoms with Crippen molar-refractivity contribution in [2.75, 3.05) is 6.54 Å². The molecular formula is C12H23N3O4. The number of hydrogen-bond donors (Lipinski definition) is 1. The molecule has 1 fully saturated rings. The van der Waals surface area contributed by atoms with E-state index >= 15 is 0 Å². The zero-order valence-electron chi connectivity index (χ0n) is 12.0. The molecule has 7 heteroatoms. The number of nitrogens with zero attached hydrogens (tertiary/aromatic N) is 3. The van der Waals surface area contributed by atoms with Crippen molar-refractivity contribution < 1.29 is 19.7 Å². The Hall–Kier alpha value is -1.53. The van der Waals surface area contributed by atoms with E-state index in [9.17, 15) is 10.0 Å². The van der Waals surface area contributed by atoms with Gasteiger partial charge in [0.1, 0.15) is 6.10 Å². The molecule has 0 aromatic rings. The Bertz CT molecular complexity index is 351. The third kappa shape index (κ3) is 4.25. The third-order valence-electron chi connectivity index (χ3n) is 3.28. The van der Waals surface area contributed by atoms with Crippen molar-refractivity contribution in [3.05, 3.63) is 5.21 Å². The molecule has 19 heavy (non-hydrogen) atoms.